The van der Waals surface area contributed by atoms with Crippen molar-refractivity contribution in [2.45, 2.75) is 33.2 Å². The molecule has 0 aliphatic carbocycles. The molecule has 0 spiro atoms. The van der Waals surface area contributed by atoms with Gasteiger partial charge in [-0.2, -0.15) is 0 Å². The zero-order chi connectivity index (χ0) is 14.8. The van der Waals surface area contributed by atoms with Crippen molar-refractivity contribution in [2.75, 3.05) is 13.1 Å². The Labute approximate surface area is 129 Å². The molecule has 2 aromatic rings. The fraction of sp³-hybridized carbons (Fsp3) is 0.500. The molecule has 5 heteroatoms. The molecule has 1 saturated heterocycles. The van der Waals surface area contributed by atoms with Crippen LogP contribution in [-0.2, 0) is 6.54 Å². The number of carbonyl (C=O) groups excluding carboxylic acids is 1. The zero-order valence-electron chi connectivity index (χ0n) is 12.6. The molecule has 0 N–H and O–H groups in total. The average molecular weight is 303 g/mol. The molecule has 0 aromatic carbocycles. The van der Waals surface area contributed by atoms with Crippen molar-refractivity contribution < 1.29 is 4.79 Å². The topological polar surface area (TPSA) is 38.1 Å². The van der Waals surface area contributed by atoms with Crippen molar-refractivity contribution in [3.05, 3.63) is 40.1 Å². The van der Waals surface area contributed by atoms with E-state index >= 15 is 0 Å². The van der Waals surface area contributed by atoms with Gasteiger partial charge in [0.05, 0.1) is 4.88 Å². The van der Waals surface area contributed by atoms with Crippen LogP contribution < -0.4 is 0 Å². The summed E-state index contributed by atoms with van der Waals surface area (Å²) in [7, 11) is 0. The second kappa shape index (κ2) is 6.02. The van der Waals surface area contributed by atoms with E-state index in [4.69, 9.17) is 0 Å². The van der Waals surface area contributed by atoms with Gasteiger partial charge in [-0.15, -0.1) is 11.3 Å². The Morgan fingerprint density at radius 1 is 1.38 bits per heavy atom. The molecule has 3 heterocycles. The molecule has 1 fully saturated rings. The van der Waals surface area contributed by atoms with Crippen LogP contribution in [0.2, 0.25) is 0 Å². The lowest BCUT2D eigenvalue weighted by Gasteiger charge is -2.32. The predicted molar refractivity (Wildman–Crippen MR) is 84.6 cm³/mol. The first-order chi connectivity index (χ1) is 10.1. The van der Waals surface area contributed by atoms with Gasteiger partial charge in [0.25, 0.3) is 5.91 Å². The van der Waals surface area contributed by atoms with Crippen molar-refractivity contribution in [3.63, 3.8) is 0 Å². The Hall–Kier alpha value is -1.62. The highest BCUT2D eigenvalue weighted by molar-refractivity contribution is 7.12. The lowest BCUT2D eigenvalue weighted by atomic mass is 9.96. The average Bonchev–Trinajstić information content (AvgIpc) is 3.13. The van der Waals surface area contributed by atoms with Crippen LogP contribution in [0.5, 0.6) is 0 Å². The van der Waals surface area contributed by atoms with Gasteiger partial charge in [-0.25, -0.2) is 4.98 Å². The highest BCUT2D eigenvalue weighted by Crippen LogP contribution is 2.23. The highest BCUT2D eigenvalue weighted by atomic mass is 32.1. The number of imidazole rings is 1. The summed E-state index contributed by atoms with van der Waals surface area (Å²) in [5.41, 5.74) is 1.23. The number of aryl methyl sites for hydroxylation is 2. The van der Waals surface area contributed by atoms with Crippen molar-refractivity contribution in [2.24, 2.45) is 5.92 Å². The summed E-state index contributed by atoms with van der Waals surface area (Å²) in [6, 6.07) is 3.85. The first-order valence-corrected chi connectivity index (χ1v) is 8.34. The summed E-state index contributed by atoms with van der Waals surface area (Å²) in [4.78, 5) is 19.5. The number of nitrogens with zero attached hydrogens (tertiary/aromatic N) is 3. The lowest BCUT2D eigenvalue weighted by Crippen LogP contribution is -2.39. The number of piperidine rings is 1. The molecular formula is C16H21N3OS. The molecule has 1 aliphatic rings. The first-order valence-electron chi connectivity index (χ1n) is 7.46. The number of likely N-dealkylation sites (tertiary alicyclic amines) is 1. The molecule has 0 radical (unpaired) electrons. The van der Waals surface area contributed by atoms with Gasteiger partial charge >= 0.3 is 0 Å². The van der Waals surface area contributed by atoms with E-state index in [2.05, 4.69) is 23.4 Å². The van der Waals surface area contributed by atoms with E-state index in [1.165, 1.54) is 17.0 Å². The normalized spacial score (nSPS) is 16.4. The van der Waals surface area contributed by atoms with Gasteiger partial charge in [0.1, 0.15) is 5.82 Å². The van der Waals surface area contributed by atoms with Gasteiger partial charge in [-0.05, 0) is 44.1 Å². The molecule has 3 rings (SSSR count). The minimum absolute atomic E-state index is 0.193. The van der Waals surface area contributed by atoms with Crippen LogP contribution in [-0.4, -0.2) is 33.4 Å². The number of amides is 1. The maximum atomic E-state index is 12.3. The third-order valence-corrected chi connectivity index (χ3v) is 5.19. The molecule has 0 saturated carbocycles. The van der Waals surface area contributed by atoms with E-state index < -0.39 is 0 Å². The molecule has 0 unspecified atom stereocenters. The smallest absolute Gasteiger partial charge is 0.263 e. The van der Waals surface area contributed by atoms with Crippen molar-refractivity contribution in [3.8, 4) is 0 Å². The Morgan fingerprint density at radius 2 is 2.14 bits per heavy atom. The SMILES string of the molecule is Cc1cnc(C)n1CC1CCN(C(=O)c2cccs2)CC1. The fourth-order valence-corrected chi connectivity index (χ4v) is 3.68. The highest BCUT2D eigenvalue weighted by Gasteiger charge is 2.24. The number of thiophene rings is 1. The molecule has 21 heavy (non-hydrogen) atoms. The monoisotopic (exact) mass is 303 g/mol. The van der Waals surface area contributed by atoms with Crippen molar-refractivity contribution in [1.82, 2.24) is 14.5 Å². The van der Waals surface area contributed by atoms with Gasteiger partial charge < -0.3 is 9.47 Å². The molecule has 1 aliphatic heterocycles. The summed E-state index contributed by atoms with van der Waals surface area (Å²) < 4.78 is 2.29. The quantitative estimate of drug-likeness (QED) is 0.874. The maximum absolute atomic E-state index is 12.3. The largest absolute Gasteiger partial charge is 0.338 e. The third-order valence-electron chi connectivity index (χ3n) is 4.33. The molecule has 0 atom stereocenters. The Bertz CT molecular complexity index is 590. The Kier molecular flexibility index (Phi) is 4.10. The lowest BCUT2D eigenvalue weighted by molar-refractivity contribution is 0.0687. The van der Waals surface area contributed by atoms with Crippen molar-refractivity contribution in [1.29, 1.82) is 0 Å². The van der Waals surface area contributed by atoms with Crippen LogP contribution in [0, 0.1) is 19.8 Å². The Balaban J connectivity index is 1.57. The molecule has 4 nitrogen and oxygen atoms in total. The summed E-state index contributed by atoms with van der Waals surface area (Å²) in [6.45, 7) is 6.93. The Morgan fingerprint density at radius 3 is 2.71 bits per heavy atom. The van der Waals surface area contributed by atoms with E-state index in [1.54, 1.807) is 0 Å². The molecular weight excluding hydrogens is 282 g/mol. The predicted octanol–water partition coefficient (Wildman–Crippen LogP) is 3.11. The minimum Gasteiger partial charge on any atom is -0.338 e. The van der Waals surface area contributed by atoms with Crippen LogP contribution in [0.1, 0.15) is 34.0 Å². The van der Waals surface area contributed by atoms with E-state index in [9.17, 15) is 4.79 Å². The second-order valence-electron chi connectivity index (χ2n) is 5.77. The van der Waals surface area contributed by atoms with E-state index in [1.807, 2.05) is 28.6 Å². The summed E-state index contributed by atoms with van der Waals surface area (Å²) >= 11 is 1.53. The number of hydrogen-bond donors (Lipinski definition) is 0. The molecule has 112 valence electrons. The van der Waals surface area contributed by atoms with E-state index in [0.29, 0.717) is 5.92 Å². The first kappa shape index (κ1) is 14.3. The van der Waals surface area contributed by atoms with Gasteiger partial charge in [0, 0.05) is 31.5 Å². The van der Waals surface area contributed by atoms with E-state index in [-0.39, 0.29) is 5.91 Å². The van der Waals surface area contributed by atoms with E-state index in [0.717, 1.165) is 43.2 Å². The summed E-state index contributed by atoms with van der Waals surface area (Å²) in [6.07, 6.45) is 4.09. The summed E-state index contributed by atoms with van der Waals surface area (Å²) in [5.74, 6) is 1.92. The standard InChI is InChI=1S/C16H21N3OS/c1-12-10-17-13(2)19(12)11-14-5-7-18(8-6-14)16(20)15-4-3-9-21-15/h3-4,9-10,14H,5-8,11H2,1-2H3. The van der Waals surface area contributed by atoms with Crippen LogP contribution in [0.15, 0.2) is 23.7 Å². The zero-order valence-corrected chi connectivity index (χ0v) is 13.4. The minimum atomic E-state index is 0.193. The maximum Gasteiger partial charge on any atom is 0.263 e. The number of hydrogen-bond acceptors (Lipinski definition) is 3. The van der Waals surface area contributed by atoms with Crippen LogP contribution in [0.25, 0.3) is 0 Å². The van der Waals surface area contributed by atoms with Crippen LogP contribution in [0.3, 0.4) is 0 Å². The van der Waals surface area contributed by atoms with Crippen LogP contribution >= 0.6 is 11.3 Å². The fourth-order valence-electron chi connectivity index (χ4n) is 2.99. The van der Waals surface area contributed by atoms with Gasteiger partial charge in [0.15, 0.2) is 0 Å². The summed E-state index contributed by atoms with van der Waals surface area (Å²) in [5, 5.41) is 1.96. The van der Waals surface area contributed by atoms with Gasteiger partial charge in [0.2, 0.25) is 0 Å². The molecule has 2 aromatic heterocycles. The van der Waals surface area contributed by atoms with Gasteiger partial charge in [-0.1, -0.05) is 6.07 Å². The number of aromatic nitrogens is 2. The van der Waals surface area contributed by atoms with Crippen molar-refractivity contribution >= 4 is 17.2 Å². The second-order valence-corrected chi connectivity index (χ2v) is 6.72. The third kappa shape index (κ3) is 3.02. The van der Waals surface area contributed by atoms with Crippen LogP contribution in [0.4, 0.5) is 0 Å². The molecule has 0 bridgehead atoms. The molecule has 1 amide bonds. The number of rotatable bonds is 3. The van der Waals surface area contributed by atoms with Gasteiger partial charge in [-0.3, -0.25) is 4.79 Å². The number of carbonyl (C=O) groups is 1.